The van der Waals surface area contributed by atoms with Crippen LogP contribution in [0.15, 0.2) is 192 Å². The van der Waals surface area contributed by atoms with Gasteiger partial charge in [0.05, 0.1) is 11.4 Å². The molecule has 0 aliphatic rings. The number of hydrogen-bond donors (Lipinski definition) is 0. The van der Waals surface area contributed by atoms with Crippen molar-refractivity contribution in [3.63, 3.8) is 0 Å². The third kappa shape index (κ3) is 6.63. The summed E-state index contributed by atoms with van der Waals surface area (Å²) in [4.78, 5) is 2.46. The maximum atomic E-state index is 6.44. The summed E-state index contributed by atoms with van der Waals surface area (Å²) in [5.74, 6) is 0. The zero-order valence-electron chi connectivity index (χ0n) is 35.3. The van der Waals surface area contributed by atoms with Crippen LogP contribution in [0.2, 0.25) is 0 Å². The van der Waals surface area contributed by atoms with Gasteiger partial charge in [-0.25, -0.2) is 0 Å². The van der Waals surface area contributed by atoms with E-state index >= 15 is 0 Å². The summed E-state index contributed by atoms with van der Waals surface area (Å²) in [5.41, 5.74) is 14.8. The molecular formula is C58H49NO. The number of benzene rings is 9. The molecule has 60 heavy (non-hydrogen) atoms. The van der Waals surface area contributed by atoms with Crippen LogP contribution in [0.1, 0.15) is 52.7 Å². The SMILES string of the molecule is CC(C)(C)c1cc(-c2cccc3cccc(-c4ccccc4N(c4ccc5ccccc5c4)c4ccccc4-c4ccc5c(c4)oc4ccccc45)c23)cc(C(C)(C)C)c1. The topological polar surface area (TPSA) is 16.4 Å². The molecule has 0 saturated carbocycles. The fourth-order valence-electron chi connectivity index (χ4n) is 8.88. The van der Waals surface area contributed by atoms with Crippen molar-refractivity contribution in [3.8, 4) is 33.4 Å². The molecule has 0 unspecified atom stereocenters. The summed E-state index contributed by atoms with van der Waals surface area (Å²) in [6.07, 6.45) is 0. The van der Waals surface area contributed by atoms with E-state index in [1.165, 1.54) is 49.4 Å². The molecule has 0 radical (unpaired) electrons. The van der Waals surface area contributed by atoms with Gasteiger partial charge in [0.2, 0.25) is 0 Å². The predicted octanol–water partition coefficient (Wildman–Crippen LogP) is 17.0. The van der Waals surface area contributed by atoms with Crippen molar-refractivity contribution in [2.45, 2.75) is 52.4 Å². The van der Waals surface area contributed by atoms with Crippen LogP contribution >= 0.6 is 0 Å². The lowest BCUT2D eigenvalue weighted by Gasteiger charge is -2.30. The standard InChI is InChI=1S/C58H49NO/c1-57(2,3)43-33-42(34-44(37-43)58(4,5)6)47-24-15-19-39-20-16-25-51(56(39)47)48-22-10-13-27-53(48)59(45-31-29-38-17-7-8-18-40(38)35-45)52-26-12-9-21-46(52)41-30-32-50-49-23-11-14-28-54(49)60-55(50)36-41/h7-37H,1-6H3. The largest absolute Gasteiger partial charge is 0.456 e. The normalized spacial score (nSPS) is 12.2. The molecule has 9 aromatic carbocycles. The van der Waals surface area contributed by atoms with E-state index in [9.17, 15) is 0 Å². The van der Waals surface area contributed by atoms with Crippen molar-refractivity contribution in [1.82, 2.24) is 0 Å². The van der Waals surface area contributed by atoms with Crippen molar-refractivity contribution in [2.75, 3.05) is 4.90 Å². The first-order valence-corrected chi connectivity index (χ1v) is 21.1. The van der Waals surface area contributed by atoms with Gasteiger partial charge in [-0.1, -0.05) is 187 Å². The molecule has 0 atom stereocenters. The van der Waals surface area contributed by atoms with Gasteiger partial charge in [-0.3, -0.25) is 0 Å². The summed E-state index contributed by atoms with van der Waals surface area (Å²) in [6, 6.07) is 68.9. The first kappa shape index (κ1) is 37.4. The van der Waals surface area contributed by atoms with E-state index in [-0.39, 0.29) is 10.8 Å². The molecule has 0 aliphatic carbocycles. The lowest BCUT2D eigenvalue weighted by Crippen LogP contribution is -2.16. The monoisotopic (exact) mass is 775 g/mol. The zero-order chi connectivity index (χ0) is 41.2. The number of para-hydroxylation sites is 3. The number of rotatable bonds is 6. The number of furan rings is 1. The Hall–Kier alpha value is -6.90. The molecule has 2 nitrogen and oxygen atoms in total. The van der Waals surface area contributed by atoms with Gasteiger partial charge in [-0.05, 0) is 108 Å². The fraction of sp³-hybridized carbons (Fsp3) is 0.138. The smallest absolute Gasteiger partial charge is 0.136 e. The van der Waals surface area contributed by atoms with Crippen LogP contribution in [-0.2, 0) is 10.8 Å². The minimum Gasteiger partial charge on any atom is -0.456 e. The first-order valence-electron chi connectivity index (χ1n) is 21.1. The third-order valence-electron chi connectivity index (χ3n) is 12.1. The minimum atomic E-state index is -0.00128. The van der Waals surface area contributed by atoms with Crippen molar-refractivity contribution < 1.29 is 4.42 Å². The van der Waals surface area contributed by atoms with Crippen LogP contribution in [0.3, 0.4) is 0 Å². The second-order valence-electron chi connectivity index (χ2n) is 18.2. The van der Waals surface area contributed by atoms with E-state index in [0.29, 0.717) is 0 Å². The average Bonchev–Trinajstić information content (AvgIpc) is 3.64. The Morgan fingerprint density at radius 2 is 0.933 bits per heavy atom. The maximum absolute atomic E-state index is 6.44. The van der Waals surface area contributed by atoms with Gasteiger partial charge in [0.25, 0.3) is 0 Å². The Kier molecular flexibility index (Phi) is 8.99. The van der Waals surface area contributed by atoms with E-state index in [4.69, 9.17) is 4.42 Å². The molecule has 10 aromatic rings. The summed E-state index contributed by atoms with van der Waals surface area (Å²) in [5, 5.41) is 7.13. The molecule has 1 heterocycles. The number of hydrogen-bond acceptors (Lipinski definition) is 2. The minimum absolute atomic E-state index is 0.00128. The van der Waals surface area contributed by atoms with Gasteiger partial charge >= 0.3 is 0 Å². The van der Waals surface area contributed by atoms with Gasteiger partial charge in [0, 0.05) is 27.6 Å². The molecule has 0 spiro atoms. The highest BCUT2D eigenvalue weighted by molar-refractivity contribution is 6.10. The Labute approximate surface area is 353 Å². The molecule has 10 rings (SSSR count). The van der Waals surface area contributed by atoms with Crippen LogP contribution in [-0.4, -0.2) is 0 Å². The second kappa shape index (κ2) is 14.4. The van der Waals surface area contributed by atoms with Gasteiger partial charge in [0.1, 0.15) is 11.2 Å². The van der Waals surface area contributed by atoms with E-state index < -0.39 is 0 Å². The Bertz CT molecular complexity index is 3200. The van der Waals surface area contributed by atoms with E-state index in [1.807, 2.05) is 12.1 Å². The summed E-state index contributed by atoms with van der Waals surface area (Å²) in [6.45, 7) is 13.9. The second-order valence-corrected chi connectivity index (χ2v) is 18.2. The molecule has 0 amide bonds. The lowest BCUT2D eigenvalue weighted by atomic mass is 9.78. The van der Waals surface area contributed by atoms with E-state index in [0.717, 1.165) is 55.7 Å². The van der Waals surface area contributed by atoms with Gasteiger partial charge in [-0.2, -0.15) is 0 Å². The summed E-state index contributed by atoms with van der Waals surface area (Å²) < 4.78 is 6.44. The van der Waals surface area contributed by atoms with E-state index in [2.05, 4.69) is 222 Å². The fourth-order valence-corrected chi connectivity index (χ4v) is 8.88. The molecule has 1 aromatic heterocycles. The molecular weight excluding hydrogens is 727 g/mol. The van der Waals surface area contributed by atoms with Crippen molar-refractivity contribution >= 4 is 60.5 Å². The molecule has 0 bridgehead atoms. The number of nitrogens with zero attached hydrogens (tertiary/aromatic N) is 1. The van der Waals surface area contributed by atoms with Gasteiger partial charge in [0.15, 0.2) is 0 Å². The summed E-state index contributed by atoms with van der Waals surface area (Å²) in [7, 11) is 0. The molecule has 0 N–H and O–H groups in total. The number of anilines is 3. The molecule has 0 aliphatic heterocycles. The zero-order valence-corrected chi connectivity index (χ0v) is 35.3. The number of fused-ring (bicyclic) bond motifs is 5. The molecule has 2 heteroatoms. The highest BCUT2D eigenvalue weighted by atomic mass is 16.3. The molecule has 0 saturated heterocycles. The Morgan fingerprint density at radius 3 is 1.67 bits per heavy atom. The van der Waals surface area contributed by atoms with Gasteiger partial charge in [-0.15, -0.1) is 0 Å². The van der Waals surface area contributed by atoms with Crippen LogP contribution in [0.25, 0.3) is 76.9 Å². The predicted molar refractivity (Wildman–Crippen MR) is 257 cm³/mol. The van der Waals surface area contributed by atoms with Crippen molar-refractivity contribution in [3.05, 3.63) is 199 Å². The lowest BCUT2D eigenvalue weighted by molar-refractivity contribution is 0.569. The first-order chi connectivity index (χ1) is 29.0. The quantitative estimate of drug-likeness (QED) is 0.167. The van der Waals surface area contributed by atoms with Crippen LogP contribution in [0.4, 0.5) is 17.1 Å². The van der Waals surface area contributed by atoms with Gasteiger partial charge < -0.3 is 9.32 Å². The van der Waals surface area contributed by atoms with Crippen molar-refractivity contribution in [1.29, 1.82) is 0 Å². The van der Waals surface area contributed by atoms with E-state index in [1.54, 1.807) is 0 Å². The maximum Gasteiger partial charge on any atom is 0.136 e. The highest BCUT2D eigenvalue weighted by Crippen LogP contribution is 2.48. The van der Waals surface area contributed by atoms with Crippen LogP contribution in [0.5, 0.6) is 0 Å². The molecule has 292 valence electrons. The highest BCUT2D eigenvalue weighted by Gasteiger charge is 2.25. The summed E-state index contributed by atoms with van der Waals surface area (Å²) >= 11 is 0. The van der Waals surface area contributed by atoms with Crippen LogP contribution in [0, 0.1) is 0 Å². The third-order valence-corrected chi connectivity index (χ3v) is 12.1. The Balaban J connectivity index is 1.22. The molecule has 0 fully saturated rings. The Morgan fingerprint density at radius 1 is 0.367 bits per heavy atom. The van der Waals surface area contributed by atoms with Crippen molar-refractivity contribution in [2.24, 2.45) is 0 Å². The van der Waals surface area contributed by atoms with Crippen LogP contribution < -0.4 is 4.90 Å². The average molecular weight is 776 g/mol.